The summed E-state index contributed by atoms with van der Waals surface area (Å²) in [6.07, 6.45) is 0. The Balaban J connectivity index is 2.10. The zero-order chi connectivity index (χ0) is 20.1. The average molecular weight is 390 g/mol. The minimum atomic E-state index is -0.798. The normalized spacial score (nSPS) is 10.3. The maximum Gasteiger partial charge on any atom is 0.283 e. The Kier molecular flexibility index (Phi) is 6.08. The van der Waals surface area contributed by atoms with Gasteiger partial charge >= 0.3 is 0 Å². The number of aryl methyl sites for hydroxylation is 1. The lowest BCUT2D eigenvalue weighted by molar-refractivity contribution is -0.387. The number of carbonyl (C=O) groups is 2. The number of amides is 2. The summed E-state index contributed by atoms with van der Waals surface area (Å²) < 4.78 is 0. The molecule has 0 saturated heterocycles. The molecule has 2 rings (SSSR count). The average Bonchev–Trinajstić information content (AvgIpc) is 2.61. The number of benzene rings is 2. The summed E-state index contributed by atoms with van der Waals surface area (Å²) in [5.74, 6) is -1.46. The van der Waals surface area contributed by atoms with Gasteiger partial charge in [-0.2, -0.15) is 0 Å². The molecule has 0 heterocycles. The number of carbonyl (C=O) groups excluding carboxylic acids is 2. The summed E-state index contributed by atoms with van der Waals surface area (Å²) in [5.41, 5.74) is 5.33. The molecule has 10 nitrogen and oxygen atoms in total. The largest absolute Gasteiger partial charge is 0.366 e. The van der Waals surface area contributed by atoms with E-state index in [1.807, 2.05) is 0 Å². The monoisotopic (exact) mass is 390 g/mol. The summed E-state index contributed by atoms with van der Waals surface area (Å²) >= 11 is 0.897. The molecule has 0 saturated carbocycles. The number of nitrogens with two attached hydrogens (primary N) is 1. The van der Waals surface area contributed by atoms with Crippen LogP contribution >= 0.6 is 11.8 Å². The lowest BCUT2D eigenvalue weighted by Crippen LogP contribution is -2.14. The third kappa shape index (κ3) is 5.01. The van der Waals surface area contributed by atoms with Crippen molar-refractivity contribution in [2.45, 2.75) is 11.8 Å². The molecular formula is C16H14N4O6S. The predicted octanol–water partition coefficient (Wildman–Crippen LogP) is 2.64. The predicted molar refractivity (Wildman–Crippen MR) is 98.8 cm³/mol. The van der Waals surface area contributed by atoms with Crippen LogP contribution in [0.3, 0.4) is 0 Å². The number of rotatable bonds is 7. The molecule has 0 fully saturated rings. The van der Waals surface area contributed by atoms with Gasteiger partial charge in [-0.15, -0.1) is 11.8 Å². The van der Waals surface area contributed by atoms with E-state index in [1.54, 1.807) is 6.92 Å². The van der Waals surface area contributed by atoms with Crippen LogP contribution in [0.5, 0.6) is 0 Å². The zero-order valence-corrected chi connectivity index (χ0v) is 14.8. The fourth-order valence-electron chi connectivity index (χ4n) is 2.16. The van der Waals surface area contributed by atoms with Crippen LogP contribution < -0.4 is 11.1 Å². The SMILES string of the molecule is Cc1ccc(NC(=O)CSc2ccc(C(N)=O)cc2[N+](=O)[O-])cc1[N+](=O)[O-]. The molecule has 2 aromatic carbocycles. The third-order valence-corrected chi connectivity index (χ3v) is 4.55. The molecule has 0 unspecified atom stereocenters. The van der Waals surface area contributed by atoms with E-state index < -0.39 is 21.7 Å². The number of nitro benzene ring substituents is 2. The van der Waals surface area contributed by atoms with Crippen molar-refractivity contribution in [1.82, 2.24) is 0 Å². The molecule has 0 aliphatic rings. The topological polar surface area (TPSA) is 158 Å². The summed E-state index contributed by atoms with van der Waals surface area (Å²) in [6, 6.07) is 7.99. The van der Waals surface area contributed by atoms with Gasteiger partial charge in [0.25, 0.3) is 11.4 Å². The molecule has 0 aliphatic heterocycles. The summed E-state index contributed by atoms with van der Waals surface area (Å²) in [7, 11) is 0. The molecule has 0 bridgehead atoms. The number of anilines is 1. The summed E-state index contributed by atoms with van der Waals surface area (Å²) in [6.45, 7) is 1.58. The van der Waals surface area contributed by atoms with Gasteiger partial charge in [0, 0.05) is 28.9 Å². The van der Waals surface area contributed by atoms with Crippen molar-refractivity contribution < 1.29 is 19.4 Å². The smallest absolute Gasteiger partial charge is 0.283 e. The first kappa shape index (κ1) is 19.8. The van der Waals surface area contributed by atoms with Gasteiger partial charge in [-0.25, -0.2) is 0 Å². The van der Waals surface area contributed by atoms with Crippen molar-refractivity contribution >= 4 is 40.6 Å². The molecule has 0 aliphatic carbocycles. The first-order chi connectivity index (χ1) is 12.7. The Morgan fingerprint density at radius 2 is 1.74 bits per heavy atom. The maximum atomic E-state index is 12.1. The number of thioether (sulfide) groups is 1. The highest BCUT2D eigenvalue weighted by Gasteiger charge is 2.18. The molecule has 0 atom stereocenters. The van der Waals surface area contributed by atoms with E-state index in [-0.39, 0.29) is 33.3 Å². The maximum absolute atomic E-state index is 12.1. The Morgan fingerprint density at radius 3 is 2.33 bits per heavy atom. The Labute approximate surface area is 157 Å². The van der Waals surface area contributed by atoms with Crippen molar-refractivity contribution in [2.75, 3.05) is 11.1 Å². The van der Waals surface area contributed by atoms with Gasteiger partial charge in [0.15, 0.2) is 0 Å². The Morgan fingerprint density at radius 1 is 1.07 bits per heavy atom. The lowest BCUT2D eigenvalue weighted by Gasteiger charge is -2.07. The molecule has 0 radical (unpaired) electrons. The Bertz CT molecular complexity index is 947. The first-order valence-corrected chi connectivity index (χ1v) is 8.43. The van der Waals surface area contributed by atoms with E-state index >= 15 is 0 Å². The van der Waals surface area contributed by atoms with Crippen LogP contribution in [0, 0.1) is 27.2 Å². The van der Waals surface area contributed by atoms with Gasteiger partial charge in [-0.3, -0.25) is 29.8 Å². The fourth-order valence-corrected chi connectivity index (χ4v) is 2.96. The van der Waals surface area contributed by atoms with Gasteiger partial charge in [0.1, 0.15) is 0 Å². The molecule has 27 heavy (non-hydrogen) atoms. The number of nitrogens with one attached hydrogen (secondary N) is 1. The van der Waals surface area contributed by atoms with Crippen molar-refractivity contribution in [2.24, 2.45) is 5.73 Å². The van der Waals surface area contributed by atoms with Crippen LogP contribution in [0.25, 0.3) is 0 Å². The van der Waals surface area contributed by atoms with Gasteiger partial charge in [-0.05, 0) is 25.1 Å². The second-order valence-corrected chi connectivity index (χ2v) is 6.42. The van der Waals surface area contributed by atoms with Crippen LogP contribution in [0.2, 0.25) is 0 Å². The molecular weight excluding hydrogens is 376 g/mol. The van der Waals surface area contributed by atoms with E-state index in [0.717, 1.165) is 17.8 Å². The third-order valence-electron chi connectivity index (χ3n) is 3.49. The first-order valence-electron chi connectivity index (χ1n) is 7.45. The summed E-state index contributed by atoms with van der Waals surface area (Å²) in [5, 5.41) is 24.6. The minimum absolute atomic E-state index is 0.0116. The van der Waals surface area contributed by atoms with Gasteiger partial charge in [0.05, 0.1) is 20.5 Å². The molecule has 2 aromatic rings. The molecule has 0 aromatic heterocycles. The fraction of sp³-hybridized carbons (Fsp3) is 0.125. The minimum Gasteiger partial charge on any atom is -0.366 e. The summed E-state index contributed by atoms with van der Waals surface area (Å²) in [4.78, 5) is 44.2. The van der Waals surface area contributed by atoms with Crippen LogP contribution in [0.15, 0.2) is 41.3 Å². The van der Waals surface area contributed by atoms with Crippen molar-refractivity contribution in [3.63, 3.8) is 0 Å². The number of hydrogen-bond donors (Lipinski definition) is 2. The van der Waals surface area contributed by atoms with E-state index in [2.05, 4.69) is 5.32 Å². The Hall–Kier alpha value is -3.47. The number of hydrogen-bond acceptors (Lipinski definition) is 7. The molecule has 11 heteroatoms. The number of nitrogens with zero attached hydrogens (tertiary/aromatic N) is 2. The van der Waals surface area contributed by atoms with E-state index in [0.29, 0.717) is 5.56 Å². The lowest BCUT2D eigenvalue weighted by atomic mass is 10.2. The highest BCUT2D eigenvalue weighted by Crippen LogP contribution is 2.30. The second kappa shape index (κ2) is 8.27. The van der Waals surface area contributed by atoms with Crippen molar-refractivity contribution in [3.8, 4) is 0 Å². The van der Waals surface area contributed by atoms with E-state index in [1.165, 1.54) is 30.3 Å². The number of nitro groups is 2. The molecule has 2 amide bonds. The van der Waals surface area contributed by atoms with Gasteiger partial charge in [-0.1, -0.05) is 6.07 Å². The standard InChI is InChI=1S/C16H14N4O6S/c1-9-2-4-11(7-12(9)19(23)24)18-15(21)8-27-14-5-3-10(16(17)22)6-13(14)20(25)26/h2-7H,8H2,1H3,(H2,17,22)(H,18,21). The van der Waals surface area contributed by atoms with Gasteiger partial charge in [0.2, 0.25) is 11.8 Å². The quantitative estimate of drug-likeness (QED) is 0.417. The highest BCUT2D eigenvalue weighted by atomic mass is 32.2. The zero-order valence-electron chi connectivity index (χ0n) is 14.0. The molecule has 3 N–H and O–H groups in total. The molecule has 0 spiro atoms. The molecule has 140 valence electrons. The van der Waals surface area contributed by atoms with Gasteiger partial charge < -0.3 is 11.1 Å². The van der Waals surface area contributed by atoms with Crippen LogP contribution in [0.4, 0.5) is 17.1 Å². The number of primary amides is 1. The van der Waals surface area contributed by atoms with Crippen LogP contribution in [-0.4, -0.2) is 27.4 Å². The second-order valence-electron chi connectivity index (χ2n) is 5.40. The van der Waals surface area contributed by atoms with E-state index in [4.69, 9.17) is 5.73 Å². The van der Waals surface area contributed by atoms with Crippen LogP contribution in [0.1, 0.15) is 15.9 Å². The van der Waals surface area contributed by atoms with Crippen molar-refractivity contribution in [1.29, 1.82) is 0 Å². The van der Waals surface area contributed by atoms with Crippen LogP contribution in [-0.2, 0) is 4.79 Å². The highest BCUT2D eigenvalue weighted by molar-refractivity contribution is 8.00. The van der Waals surface area contributed by atoms with Crippen molar-refractivity contribution in [3.05, 3.63) is 67.8 Å². The van der Waals surface area contributed by atoms with E-state index in [9.17, 15) is 29.8 Å².